The zero-order valence-electron chi connectivity index (χ0n) is 11.2. The molecule has 1 aliphatic heterocycles. The molecule has 0 amide bonds. The smallest absolute Gasteiger partial charge is 0.344 e. The molecule has 1 N–H and O–H groups in total. The highest BCUT2D eigenvalue weighted by Crippen LogP contribution is 2.36. The number of halogens is 5. The summed E-state index contributed by atoms with van der Waals surface area (Å²) in [5, 5.41) is 7.28. The standard InChI is InChI=1S/C14H10Cl2F3N3/c1-7-4-11(8-2-3-9(15)10(16)5-8)22-13(20-7)6-12(21-22)14(17,18)19/h2-6,11,20H,1H3. The van der Waals surface area contributed by atoms with Gasteiger partial charge >= 0.3 is 6.18 Å². The molecule has 0 aliphatic carbocycles. The van der Waals surface area contributed by atoms with Gasteiger partial charge in [-0.25, -0.2) is 4.68 Å². The van der Waals surface area contributed by atoms with Gasteiger partial charge in [0.25, 0.3) is 0 Å². The van der Waals surface area contributed by atoms with Crippen LogP contribution in [0.2, 0.25) is 10.0 Å². The van der Waals surface area contributed by atoms with Crippen LogP contribution in [-0.2, 0) is 6.18 Å². The Bertz CT molecular complexity index is 765. The first-order valence-corrected chi connectivity index (χ1v) is 7.08. The zero-order chi connectivity index (χ0) is 16.1. The van der Waals surface area contributed by atoms with Gasteiger partial charge in [0.05, 0.1) is 16.1 Å². The molecule has 1 aromatic carbocycles. The Kier molecular flexibility index (Phi) is 3.61. The van der Waals surface area contributed by atoms with Gasteiger partial charge < -0.3 is 5.32 Å². The van der Waals surface area contributed by atoms with Crippen molar-refractivity contribution in [2.24, 2.45) is 0 Å². The molecule has 0 saturated heterocycles. The average Bonchev–Trinajstić information content (AvgIpc) is 2.84. The molecule has 116 valence electrons. The first-order valence-electron chi connectivity index (χ1n) is 6.33. The molecule has 8 heteroatoms. The summed E-state index contributed by atoms with van der Waals surface area (Å²) in [6, 6.07) is 5.45. The first-order chi connectivity index (χ1) is 10.3. The number of benzene rings is 1. The van der Waals surface area contributed by atoms with Gasteiger partial charge in [-0.2, -0.15) is 18.3 Å². The minimum atomic E-state index is -4.50. The van der Waals surface area contributed by atoms with Gasteiger partial charge in [0, 0.05) is 11.8 Å². The van der Waals surface area contributed by atoms with Crippen LogP contribution in [0.3, 0.4) is 0 Å². The topological polar surface area (TPSA) is 29.9 Å². The SMILES string of the molecule is CC1=CC(c2ccc(Cl)c(Cl)c2)n2nc(C(F)(F)F)cc2N1. The van der Waals surface area contributed by atoms with Crippen molar-refractivity contribution in [2.75, 3.05) is 5.32 Å². The lowest BCUT2D eigenvalue weighted by molar-refractivity contribution is -0.141. The molecule has 3 rings (SSSR count). The third-order valence-electron chi connectivity index (χ3n) is 3.31. The minimum Gasteiger partial charge on any atom is -0.344 e. The van der Waals surface area contributed by atoms with E-state index in [1.165, 1.54) is 4.68 Å². The Morgan fingerprint density at radius 1 is 1.18 bits per heavy atom. The predicted molar refractivity (Wildman–Crippen MR) is 79.2 cm³/mol. The van der Waals surface area contributed by atoms with Crippen molar-refractivity contribution in [3.05, 3.63) is 57.3 Å². The molecule has 22 heavy (non-hydrogen) atoms. The van der Waals surface area contributed by atoms with E-state index in [0.29, 0.717) is 15.6 Å². The van der Waals surface area contributed by atoms with Crippen molar-refractivity contribution in [2.45, 2.75) is 19.1 Å². The molecule has 1 unspecified atom stereocenters. The highest BCUT2D eigenvalue weighted by atomic mass is 35.5. The molecule has 2 heterocycles. The molecule has 0 radical (unpaired) electrons. The van der Waals surface area contributed by atoms with Gasteiger partial charge in [0.2, 0.25) is 0 Å². The van der Waals surface area contributed by atoms with E-state index in [9.17, 15) is 13.2 Å². The van der Waals surface area contributed by atoms with Crippen LogP contribution in [0, 0.1) is 0 Å². The van der Waals surface area contributed by atoms with Crippen LogP contribution in [-0.4, -0.2) is 9.78 Å². The van der Waals surface area contributed by atoms with Crippen LogP contribution in [0.5, 0.6) is 0 Å². The van der Waals surface area contributed by atoms with Crippen molar-refractivity contribution < 1.29 is 13.2 Å². The van der Waals surface area contributed by atoms with Gasteiger partial charge in [-0.15, -0.1) is 0 Å². The van der Waals surface area contributed by atoms with Crippen molar-refractivity contribution in [1.82, 2.24) is 9.78 Å². The van der Waals surface area contributed by atoms with E-state index in [1.54, 1.807) is 31.2 Å². The van der Waals surface area contributed by atoms with E-state index in [4.69, 9.17) is 23.2 Å². The Balaban J connectivity index is 2.10. The van der Waals surface area contributed by atoms with Crippen LogP contribution < -0.4 is 5.32 Å². The normalized spacial score (nSPS) is 17.7. The Morgan fingerprint density at radius 3 is 2.55 bits per heavy atom. The number of rotatable bonds is 1. The summed E-state index contributed by atoms with van der Waals surface area (Å²) in [4.78, 5) is 0. The lowest BCUT2D eigenvalue weighted by atomic mass is 10.0. The summed E-state index contributed by atoms with van der Waals surface area (Å²) in [5.74, 6) is 0.281. The number of aromatic nitrogens is 2. The fraction of sp³-hybridized carbons (Fsp3) is 0.214. The van der Waals surface area contributed by atoms with Crippen molar-refractivity contribution in [3.63, 3.8) is 0 Å². The fourth-order valence-corrected chi connectivity index (χ4v) is 2.63. The monoisotopic (exact) mass is 347 g/mol. The second kappa shape index (κ2) is 5.21. The van der Waals surface area contributed by atoms with Gasteiger partial charge in [0.1, 0.15) is 5.82 Å². The molecule has 1 atom stereocenters. The minimum absolute atomic E-state index is 0.281. The fourth-order valence-electron chi connectivity index (χ4n) is 2.32. The van der Waals surface area contributed by atoms with E-state index in [0.717, 1.165) is 11.8 Å². The highest BCUT2D eigenvalue weighted by molar-refractivity contribution is 6.42. The number of fused-ring (bicyclic) bond motifs is 1. The van der Waals surface area contributed by atoms with Crippen molar-refractivity contribution in [3.8, 4) is 0 Å². The van der Waals surface area contributed by atoms with E-state index >= 15 is 0 Å². The summed E-state index contributed by atoms with van der Waals surface area (Å²) in [5.41, 5.74) is 0.494. The molecule has 0 saturated carbocycles. The molecule has 3 nitrogen and oxygen atoms in total. The van der Waals surface area contributed by atoms with Crippen LogP contribution in [0.15, 0.2) is 36.0 Å². The summed E-state index contributed by atoms with van der Waals surface area (Å²) >= 11 is 11.9. The van der Waals surface area contributed by atoms with E-state index < -0.39 is 17.9 Å². The van der Waals surface area contributed by atoms with Crippen molar-refractivity contribution >= 4 is 29.0 Å². The summed E-state index contributed by atoms with van der Waals surface area (Å²) in [7, 11) is 0. The molecular formula is C14H10Cl2F3N3. The third-order valence-corrected chi connectivity index (χ3v) is 4.05. The zero-order valence-corrected chi connectivity index (χ0v) is 12.8. The lowest BCUT2D eigenvalue weighted by Crippen LogP contribution is -2.19. The summed E-state index contributed by atoms with van der Waals surface area (Å²) < 4.78 is 39.9. The molecule has 0 fully saturated rings. The van der Waals surface area contributed by atoms with E-state index in [2.05, 4.69) is 10.4 Å². The highest BCUT2D eigenvalue weighted by Gasteiger charge is 2.36. The molecule has 1 aliphatic rings. The van der Waals surface area contributed by atoms with Gasteiger partial charge in [-0.05, 0) is 30.7 Å². The van der Waals surface area contributed by atoms with E-state index in [-0.39, 0.29) is 5.82 Å². The number of hydrogen-bond acceptors (Lipinski definition) is 2. The van der Waals surface area contributed by atoms with Gasteiger partial charge in [-0.3, -0.25) is 0 Å². The summed E-state index contributed by atoms with van der Waals surface area (Å²) in [6.07, 6.45) is -2.72. The number of alkyl halides is 3. The number of nitrogens with zero attached hydrogens (tertiary/aromatic N) is 2. The van der Waals surface area contributed by atoms with Crippen LogP contribution >= 0.6 is 23.2 Å². The summed E-state index contributed by atoms with van der Waals surface area (Å²) in [6.45, 7) is 1.77. The van der Waals surface area contributed by atoms with Gasteiger partial charge in [-0.1, -0.05) is 29.3 Å². The van der Waals surface area contributed by atoms with Crippen LogP contribution in [0.25, 0.3) is 0 Å². The predicted octanol–water partition coefficient (Wildman–Crippen LogP) is 5.13. The third kappa shape index (κ3) is 2.68. The molecular weight excluding hydrogens is 338 g/mol. The maximum atomic E-state index is 12.9. The van der Waals surface area contributed by atoms with Gasteiger partial charge in [0.15, 0.2) is 5.69 Å². The Morgan fingerprint density at radius 2 is 1.91 bits per heavy atom. The number of nitrogens with one attached hydrogen (secondary N) is 1. The maximum absolute atomic E-state index is 12.9. The number of allylic oxidation sites excluding steroid dienone is 2. The quantitative estimate of drug-likeness (QED) is 0.775. The number of anilines is 1. The molecule has 2 aromatic rings. The van der Waals surface area contributed by atoms with Crippen molar-refractivity contribution in [1.29, 1.82) is 0 Å². The first kappa shape index (κ1) is 15.2. The van der Waals surface area contributed by atoms with Crippen LogP contribution in [0.1, 0.15) is 24.2 Å². The maximum Gasteiger partial charge on any atom is 0.435 e. The second-order valence-corrected chi connectivity index (χ2v) is 5.76. The number of hydrogen-bond donors (Lipinski definition) is 1. The Hall–Kier alpha value is -1.66. The lowest BCUT2D eigenvalue weighted by Gasteiger charge is -2.24. The molecule has 0 spiro atoms. The molecule has 1 aromatic heterocycles. The largest absolute Gasteiger partial charge is 0.435 e. The van der Waals surface area contributed by atoms with E-state index in [1.807, 2.05) is 0 Å². The molecule has 0 bridgehead atoms. The Labute approximate surface area is 134 Å². The van der Waals surface area contributed by atoms with Crippen LogP contribution in [0.4, 0.5) is 19.0 Å². The second-order valence-electron chi connectivity index (χ2n) is 4.95. The average molecular weight is 348 g/mol.